The minimum Gasteiger partial charge on any atom is -0.462 e. The van der Waals surface area contributed by atoms with Crippen LogP contribution in [0.25, 0.3) is 22.0 Å². The van der Waals surface area contributed by atoms with Crippen molar-refractivity contribution < 1.29 is 22.7 Å². The topological polar surface area (TPSA) is 85.6 Å². The van der Waals surface area contributed by atoms with Crippen molar-refractivity contribution in [2.24, 2.45) is 5.92 Å². The molecular weight excluding hydrogens is 569 g/mol. The summed E-state index contributed by atoms with van der Waals surface area (Å²) in [6.07, 6.45) is 3.51. The zero-order chi connectivity index (χ0) is 31.1. The fraction of sp³-hybridized carbons (Fsp3) is 0.455. The molecule has 1 unspecified atom stereocenters. The molecule has 2 aliphatic heterocycles. The number of benzene rings is 2. The Morgan fingerprint density at radius 1 is 1.18 bits per heavy atom. The Morgan fingerprint density at radius 3 is 2.73 bits per heavy atom. The Balaban J connectivity index is 1.45. The summed E-state index contributed by atoms with van der Waals surface area (Å²) in [6, 6.07) is 8.33. The largest absolute Gasteiger partial charge is 0.462 e. The normalized spacial score (nSPS) is 21.9. The van der Waals surface area contributed by atoms with E-state index in [4.69, 9.17) is 4.74 Å². The average molecular weight is 605 g/mol. The first-order valence-electron chi connectivity index (χ1n) is 15.1. The van der Waals surface area contributed by atoms with E-state index < -0.39 is 29.4 Å². The molecule has 0 radical (unpaired) electrons. The number of likely N-dealkylation sites (tertiary alicyclic amines) is 1. The highest BCUT2D eigenvalue weighted by Crippen LogP contribution is 2.41. The van der Waals surface area contributed by atoms with E-state index in [0.717, 1.165) is 43.4 Å². The second kappa shape index (κ2) is 12.1. The summed E-state index contributed by atoms with van der Waals surface area (Å²) in [4.78, 5) is 26.8. The number of nitriles is 1. The van der Waals surface area contributed by atoms with Crippen LogP contribution >= 0.6 is 0 Å². The minimum absolute atomic E-state index is 0.0383. The van der Waals surface area contributed by atoms with Crippen molar-refractivity contribution in [3.05, 3.63) is 59.4 Å². The van der Waals surface area contributed by atoms with Gasteiger partial charge >= 0.3 is 6.01 Å². The number of fused-ring (bicyclic) bond motifs is 2. The molecule has 0 saturated carbocycles. The number of halogens is 3. The van der Waals surface area contributed by atoms with Crippen molar-refractivity contribution >= 4 is 22.6 Å². The van der Waals surface area contributed by atoms with Crippen LogP contribution < -0.4 is 9.64 Å². The predicted octanol–water partition coefficient (Wildman–Crippen LogP) is 5.20. The van der Waals surface area contributed by atoms with Gasteiger partial charge in [-0.25, -0.2) is 13.2 Å². The lowest BCUT2D eigenvalue weighted by molar-refractivity contribution is -0.131. The maximum absolute atomic E-state index is 16.6. The van der Waals surface area contributed by atoms with E-state index in [0.29, 0.717) is 18.1 Å². The molecule has 2 fully saturated rings. The van der Waals surface area contributed by atoms with Gasteiger partial charge in [-0.2, -0.15) is 15.2 Å². The third-order valence-electron chi connectivity index (χ3n) is 9.18. The van der Waals surface area contributed by atoms with Gasteiger partial charge in [-0.3, -0.25) is 4.79 Å². The second-order valence-corrected chi connectivity index (χ2v) is 12.2. The summed E-state index contributed by atoms with van der Waals surface area (Å²) >= 11 is 0. The van der Waals surface area contributed by atoms with Crippen LogP contribution in [0.2, 0.25) is 0 Å². The molecule has 3 atom stereocenters. The van der Waals surface area contributed by atoms with Gasteiger partial charge in [0.05, 0.1) is 24.1 Å². The number of likely N-dealkylation sites (N-methyl/N-ethyl adjacent to an activating group) is 1. The molecule has 11 heteroatoms. The number of hydrogen-bond donors (Lipinski definition) is 0. The van der Waals surface area contributed by atoms with Gasteiger partial charge in [0.25, 0.3) is 5.91 Å². The van der Waals surface area contributed by atoms with E-state index in [1.54, 1.807) is 11.0 Å². The molecular formula is C33H35F3N6O2. The molecule has 3 heterocycles. The number of anilines is 1. The van der Waals surface area contributed by atoms with Gasteiger partial charge in [-0.1, -0.05) is 31.7 Å². The third kappa shape index (κ3) is 5.47. The monoisotopic (exact) mass is 604 g/mol. The summed E-state index contributed by atoms with van der Waals surface area (Å²) in [6.45, 7) is 6.84. The first-order valence-corrected chi connectivity index (χ1v) is 15.1. The van der Waals surface area contributed by atoms with Crippen molar-refractivity contribution in [2.75, 3.05) is 44.7 Å². The Hall–Kier alpha value is -4.17. The Kier molecular flexibility index (Phi) is 8.20. The first-order chi connectivity index (χ1) is 21.2. The van der Waals surface area contributed by atoms with Crippen LogP contribution in [0.5, 0.6) is 6.01 Å². The van der Waals surface area contributed by atoms with Gasteiger partial charge < -0.3 is 19.4 Å². The molecule has 0 N–H and O–H groups in total. The lowest BCUT2D eigenvalue weighted by Crippen LogP contribution is -2.55. The van der Waals surface area contributed by atoms with Crippen LogP contribution in [0.15, 0.2) is 36.7 Å². The summed E-state index contributed by atoms with van der Waals surface area (Å²) in [5.74, 6) is -2.91. The summed E-state index contributed by atoms with van der Waals surface area (Å²) in [5.41, 5.74) is 2.35. The van der Waals surface area contributed by atoms with Crippen molar-refractivity contribution in [1.29, 1.82) is 5.26 Å². The number of ether oxygens (including phenoxy) is 1. The van der Waals surface area contributed by atoms with E-state index >= 15 is 8.78 Å². The molecule has 0 spiro atoms. The molecule has 2 aromatic carbocycles. The van der Waals surface area contributed by atoms with Crippen LogP contribution in [0.4, 0.5) is 19.0 Å². The van der Waals surface area contributed by atoms with Gasteiger partial charge in [-0.15, -0.1) is 0 Å². The number of piperazine rings is 1. The van der Waals surface area contributed by atoms with E-state index in [1.807, 2.05) is 19.2 Å². The SMILES string of the molecule is C=C(F)C(=O)N1CCN(c2nc(OC[C@@H]3CCCN3C)nc3c(F)c(-c4cccc5c4CC(C)C5)c(F)cc23)C[C@@H]1CC#N. The minimum atomic E-state index is -1.11. The van der Waals surface area contributed by atoms with Crippen molar-refractivity contribution in [2.45, 2.75) is 51.1 Å². The lowest BCUT2D eigenvalue weighted by atomic mass is 9.94. The van der Waals surface area contributed by atoms with Gasteiger partial charge in [0.1, 0.15) is 23.8 Å². The van der Waals surface area contributed by atoms with Gasteiger partial charge in [0.2, 0.25) is 0 Å². The summed E-state index contributed by atoms with van der Waals surface area (Å²) < 4.78 is 52.5. The van der Waals surface area contributed by atoms with Gasteiger partial charge in [0.15, 0.2) is 11.6 Å². The number of amides is 1. The number of rotatable bonds is 7. The molecule has 6 rings (SSSR count). The Morgan fingerprint density at radius 2 is 2.00 bits per heavy atom. The molecule has 44 heavy (non-hydrogen) atoms. The quantitative estimate of drug-likeness (QED) is 0.343. The third-order valence-corrected chi connectivity index (χ3v) is 9.18. The molecule has 230 valence electrons. The highest BCUT2D eigenvalue weighted by atomic mass is 19.1. The molecule has 0 bridgehead atoms. The van der Waals surface area contributed by atoms with Crippen molar-refractivity contribution in [3.8, 4) is 23.2 Å². The van der Waals surface area contributed by atoms with E-state index in [1.165, 1.54) is 11.0 Å². The predicted molar refractivity (Wildman–Crippen MR) is 161 cm³/mol. The number of nitrogens with zero attached hydrogens (tertiary/aromatic N) is 6. The van der Waals surface area contributed by atoms with Crippen molar-refractivity contribution in [3.63, 3.8) is 0 Å². The van der Waals surface area contributed by atoms with E-state index in [9.17, 15) is 14.4 Å². The lowest BCUT2D eigenvalue weighted by Gasteiger charge is -2.41. The maximum atomic E-state index is 16.6. The highest BCUT2D eigenvalue weighted by Gasteiger charge is 2.34. The standard InChI is InChI=1S/C33H35F3N6O2/c1-19-14-21-6-4-8-24(25(21)15-19)28-27(35)16-26-30(29(28)36)38-33(44-18-23-7-5-11-40(23)3)39-31(26)41-12-13-42(32(43)20(2)34)22(17-41)9-10-37/h4,6,8,16,19,22-23H,2,5,7,9,11-15,17-18H2,1,3H3/t19?,22-,23-/m0/s1. The number of carbonyl (C=O) groups excluding carboxylic acids is 1. The van der Waals surface area contributed by atoms with E-state index in [-0.39, 0.29) is 60.4 Å². The van der Waals surface area contributed by atoms with E-state index in [2.05, 4.69) is 34.4 Å². The van der Waals surface area contributed by atoms with Crippen LogP contribution in [0, 0.1) is 28.9 Å². The molecule has 3 aliphatic rings. The highest BCUT2D eigenvalue weighted by molar-refractivity contribution is 5.95. The smallest absolute Gasteiger partial charge is 0.319 e. The molecule has 1 aromatic heterocycles. The average Bonchev–Trinajstić information content (AvgIpc) is 3.60. The number of carbonyl (C=O) groups is 1. The van der Waals surface area contributed by atoms with Crippen LogP contribution in [-0.2, 0) is 17.6 Å². The molecule has 1 amide bonds. The zero-order valence-corrected chi connectivity index (χ0v) is 25.0. The first kappa shape index (κ1) is 29.9. The van der Waals surface area contributed by atoms with Crippen molar-refractivity contribution in [1.82, 2.24) is 19.8 Å². The van der Waals surface area contributed by atoms with Crippen LogP contribution in [0.3, 0.4) is 0 Å². The summed E-state index contributed by atoms with van der Waals surface area (Å²) in [5, 5.41) is 9.60. The van der Waals surface area contributed by atoms with Gasteiger partial charge in [-0.05, 0) is 68.0 Å². The fourth-order valence-corrected chi connectivity index (χ4v) is 6.92. The zero-order valence-electron chi connectivity index (χ0n) is 25.0. The number of hydrogen-bond acceptors (Lipinski definition) is 7. The molecule has 3 aromatic rings. The van der Waals surface area contributed by atoms with Crippen LogP contribution in [-0.4, -0.2) is 77.6 Å². The molecule has 2 saturated heterocycles. The molecule has 8 nitrogen and oxygen atoms in total. The van der Waals surface area contributed by atoms with Crippen LogP contribution in [0.1, 0.15) is 37.3 Å². The second-order valence-electron chi connectivity index (χ2n) is 12.2. The fourth-order valence-electron chi connectivity index (χ4n) is 6.92. The Labute approximate surface area is 254 Å². The Bertz CT molecular complexity index is 1670. The summed E-state index contributed by atoms with van der Waals surface area (Å²) in [7, 11) is 2.02. The maximum Gasteiger partial charge on any atom is 0.319 e. The molecule has 1 aliphatic carbocycles. The number of aromatic nitrogens is 2. The van der Waals surface area contributed by atoms with Gasteiger partial charge in [0, 0.05) is 31.1 Å².